The molecule has 4 N–H and O–H groups in total. The third-order valence-electron chi connectivity index (χ3n) is 5.66. The topological polar surface area (TPSA) is 146 Å². The SMILES string of the molecule is COc1cccc(O)c1-n1c(NSC(C)C(OC)c2ncc(C)cn2)nnc1C1=C=C=c2nc(N)sc2=C1. The van der Waals surface area contributed by atoms with Gasteiger partial charge in [-0.15, -0.1) is 10.2 Å². The number of benzene rings is 1. The quantitative estimate of drug-likeness (QED) is 0.209. The van der Waals surface area contributed by atoms with Gasteiger partial charge in [-0.2, -0.15) is 0 Å². The third kappa shape index (κ3) is 4.89. The Balaban J connectivity index is 1.54. The van der Waals surface area contributed by atoms with Gasteiger partial charge in [-0.3, -0.25) is 9.29 Å². The Hall–Kier alpha value is -4.12. The maximum absolute atomic E-state index is 10.9. The summed E-state index contributed by atoms with van der Waals surface area (Å²) in [5.74, 6) is 1.76. The predicted molar refractivity (Wildman–Crippen MR) is 147 cm³/mol. The van der Waals surface area contributed by atoms with Gasteiger partial charge in [0.1, 0.15) is 28.6 Å². The minimum absolute atomic E-state index is 0.0126. The van der Waals surface area contributed by atoms with Crippen molar-refractivity contribution in [3.63, 3.8) is 0 Å². The molecule has 0 radical (unpaired) electrons. The number of nitrogens with two attached hydrogens (primary N) is 1. The first-order chi connectivity index (χ1) is 18.4. The first-order valence-corrected chi connectivity index (χ1v) is 13.1. The molecule has 4 aromatic rings. The van der Waals surface area contributed by atoms with Crippen LogP contribution in [0.25, 0.3) is 23.1 Å². The van der Waals surface area contributed by atoms with Gasteiger partial charge in [0.05, 0.1) is 22.5 Å². The largest absolute Gasteiger partial charge is 0.506 e. The van der Waals surface area contributed by atoms with Crippen molar-refractivity contribution in [1.82, 2.24) is 29.7 Å². The van der Waals surface area contributed by atoms with Crippen LogP contribution in [0.1, 0.15) is 30.2 Å². The zero-order valence-electron chi connectivity index (χ0n) is 21.0. The fraction of sp³-hybridized carbons (Fsp3) is 0.240. The molecule has 0 saturated carbocycles. The van der Waals surface area contributed by atoms with Crippen molar-refractivity contribution in [1.29, 1.82) is 0 Å². The van der Waals surface area contributed by atoms with Gasteiger partial charge in [-0.05, 0) is 55.3 Å². The smallest absolute Gasteiger partial charge is 0.239 e. The van der Waals surface area contributed by atoms with Crippen LogP contribution >= 0.6 is 23.3 Å². The van der Waals surface area contributed by atoms with Gasteiger partial charge in [-0.25, -0.2) is 15.0 Å². The summed E-state index contributed by atoms with van der Waals surface area (Å²) in [6.07, 6.45) is 4.99. The van der Waals surface area contributed by atoms with E-state index in [0.29, 0.717) is 45.1 Å². The summed E-state index contributed by atoms with van der Waals surface area (Å²) in [5.41, 5.74) is 13.9. The van der Waals surface area contributed by atoms with Crippen molar-refractivity contribution in [2.75, 3.05) is 24.7 Å². The molecule has 2 atom stereocenters. The Bertz CT molecular complexity index is 1690. The number of nitrogen functional groups attached to an aromatic ring is 1. The normalized spacial score (nSPS) is 13.6. The number of thiazole rings is 1. The lowest BCUT2D eigenvalue weighted by molar-refractivity contribution is 0.0972. The van der Waals surface area contributed by atoms with Crippen molar-refractivity contribution in [3.05, 3.63) is 63.4 Å². The number of phenols is 1. The van der Waals surface area contributed by atoms with Crippen molar-refractivity contribution in [2.24, 2.45) is 0 Å². The first kappa shape index (κ1) is 25.5. The van der Waals surface area contributed by atoms with Crippen LogP contribution in [0.15, 0.2) is 36.3 Å². The Morgan fingerprint density at radius 1 is 1.18 bits per heavy atom. The first-order valence-electron chi connectivity index (χ1n) is 11.4. The molecule has 3 aromatic heterocycles. The van der Waals surface area contributed by atoms with E-state index in [0.717, 1.165) is 10.1 Å². The van der Waals surface area contributed by atoms with Gasteiger partial charge in [0.2, 0.25) is 5.95 Å². The van der Waals surface area contributed by atoms with Crippen LogP contribution in [0.2, 0.25) is 0 Å². The van der Waals surface area contributed by atoms with Gasteiger partial charge >= 0.3 is 0 Å². The summed E-state index contributed by atoms with van der Waals surface area (Å²) in [6, 6.07) is 5.01. The minimum Gasteiger partial charge on any atom is -0.506 e. The number of para-hydroxylation sites is 1. The fourth-order valence-electron chi connectivity index (χ4n) is 3.85. The van der Waals surface area contributed by atoms with Gasteiger partial charge in [0.15, 0.2) is 16.8 Å². The number of methoxy groups -OCH3 is 2. The Kier molecular flexibility index (Phi) is 7.19. The number of aromatic nitrogens is 6. The number of allylic oxidation sites excluding steroid dienone is 1. The summed E-state index contributed by atoms with van der Waals surface area (Å²) in [6.45, 7) is 3.92. The molecule has 1 aliphatic rings. The van der Waals surface area contributed by atoms with Crippen LogP contribution in [0.4, 0.5) is 11.1 Å². The highest BCUT2D eigenvalue weighted by atomic mass is 32.2. The highest BCUT2D eigenvalue weighted by Crippen LogP contribution is 2.37. The highest BCUT2D eigenvalue weighted by Gasteiger charge is 2.26. The number of aryl methyl sites for hydroxylation is 1. The predicted octanol–water partition coefficient (Wildman–Crippen LogP) is 2.37. The molecule has 13 heteroatoms. The molecule has 2 unspecified atom stereocenters. The molecule has 0 bridgehead atoms. The van der Waals surface area contributed by atoms with E-state index < -0.39 is 0 Å². The second-order valence-electron chi connectivity index (χ2n) is 8.28. The molecule has 1 aromatic carbocycles. The number of ether oxygens (including phenoxy) is 2. The number of nitrogens with zero attached hydrogens (tertiary/aromatic N) is 6. The van der Waals surface area contributed by atoms with Gasteiger partial charge in [0, 0.05) is 19.5 Å². The van der Waals surface area contributed by atoms with Crippen molar-refractivity contribution in [3.8, 4) is 17.2 Å². The molecule has 0 aliphatic heterocycles. The second kappa shape index (κ2) is 10.7. The molecule has 0 spiro atoms. The van der Waals surface area contributed by atoms with Crippen molar-refractivity contribution < 1.29 is 14.6 Å². The van der Waals surface area contributed by atoms with Crippen LogP contribution in [0, 0.1) is 6.92 Å². The summed E-state index contributed by atoms with van der Waals surface area (Å²) in [4.78, 5) is 13.1. The monoisotopic (exact) mass is 548 g/mol. The van der Waals surface area contributed by atoms with Gasteiger partial charge in [0.25, 0.3) is 0 Å². The van der Waals surface area contributed by atoms with Crippen molar-refractivity contribution in [2.45, 2.75) is 25.2 Å². The minimum atomic E-state index is -0.384. The fourth-order valence-corrected chi connectivity index (χ4v) is 5.36. The lowest BCUT2D eigenvalue weighted by Gasteiger charge is -2.21. The Morgan fingerprint density at radius 3 is 2.71 bits per heavy atom. The van der Waals surface area contributed by atoms with Gasteiger partial charge in [-0.1, -0.05) is 23.1 Å². The zero-order chi connectivity index (χ0) is 26.8. The van der Waals surface area contributed by atoms with Gasteiger partial charge < -0.3 is 20.3 Å². The van der Waals surface area contributed by atoms with E-state index in [1.54, 1.807) is 42.3 Å². The lowest BCUT2D eigenvalue weighted by atomic mass is 10.2. The number of rotatable bonds is 9. The molecule has 0 saturated heterocycles. The van der Waals surface area contributed by atoms with E-state index in [4.69, 9.17) is 15.2 Å². The molecule has 11 nitrogen and oxygen atoms in total. The van der Waals surface area contributed by atoms with E-state index in [2.05, 4.69) is 41.3 Å². The molecular weight excluding hydrogens is 524 g/mol. The zero-order valence-corrected chi connectivity index (χ0v) is 22.6. The molecule has 1 aliphatic carbocycles. The number of fused-ring (bicyclic) bond motifs is 1. The average molecular weight is 549 g/mol. The maximum atomic E-state index is 10.9. The highest BCUT2D eigenvalue weighted by molar-refractivity contribution is 8.01. The molecule has 38 heavy (non-hydrogen) atoms. The molecule has 0 amide bonds. The summed E-state index contributed by atoms with van der Waals surface area (Å²) in [7, 11) is 3.15. The summed E-state index contributed by atoms with van der Waals surface area (Å²) >= 11 is 2.70. The van der Waals surface area contributed by atoms with Crippen LogP contribution in [-0.2, 0) is 4.74 Å². The van der Waals surface area contributed by atoms with Crippen LogP contribution in [0.5, 0.6) is 11.5 Å². The van der Waals surface area contributed by atoms with E-state index in [1.165, 1.54) is 30.4 Å². The third-order valence-corrected chi connectivity index (χ3v) is 7.41. The standard InChI is InChI=1S/C25H24N8O3S2/c1-13-11-27-22(28-12-13)21(36-4)14(2)38-32-25-31-30-23(15-8-9-16-19(10-15)37-24(26)29-16)33(25)20-17(34)6-5-7-18(20)35-3/h5-7,10-12,14,21,34H,1-4H3,(H2,26,29)(H,31,32). The van der Waals surface area contributed by atoms with E-state index in [9.17, 15) is 5.11 Å². The number of hydrogen-bond donors (Lipinski definition) is 3. The molecule has 5 rings (SSSR count). The number of anilines is 2. The number of hydrogen-bond acceptors (Lipinski definition) is 12. The summed E-state index contributed by atoms with van der Waals surface area (Å²) < 4.78 is 17.0. The van der Waals surface area contributed by atoms with E-state index in [1.807, 2.05) is 19.9 Å². The van der Waals surface area contributed by atoms with E-state index in [-0.39, 0.29) is 17.1 Å². The van der Waals surface area contributed by atoms with Crippen LogP contribution in [0.3, 0.4) is 0 Å². The number of aromatic hydroxyl groups is 1. The Labute approximate surface area is 226 Å². The van der Waals surface area contributed by atoms with Crippen LogP contribution < -0.4 is 25.1 Å². The number of nitrogens with one attached hydrogen (secondary N) is 1. The Morgan fingerprint density at radius 2 is 1.97 bits per heavy atom. The molecule has 0 fully saturated rings. The number of phenolic OH excluding ortho intramolecular Hbond substituents is 1. The summed E-state index contributed by atoms with van der Waals surface area (Å²) in [5, 5.41) is 20.6. The molecular formula is C25H24N8O3S2. The second-order valence-corrected chi connectivity index (χ2v) is 10.5. The van der Waals surface area contributed by atoms with Crippen LogP contribution in [-0.4, -0.2) is 54.3 Å². The lowest BCUT2D eigenvalue weighted by Crippen LogP contribution is -2.21. The van der Waals surface area contributed by atoms with E-state index >= 15 is 0 Å². The maximum Gasteiger partial charge on any atom is 0.239 e. The molecule has 3 heterocycles. The van der Waals surface area contributed by atoms with Crippen molar-refractivity contribution >= 4 is 51.7 Å². The molecule has 194 valence electrons. The average Bonchev–Trinajstić information content (AvgIpc) is 3.50.